The molecule has 4 heteroatoms. The summed E-state index contributed by atoms with van der Waals surface area (Å²) >= 11 is 0. The summed E-state index contributed by atoms with van der Waals surface area (Å²) in [4.78, 5) is 0. The van der Waals surface area contributed by atoms with Gasteiger partial charge in [-0.1, -0.05) is 27.7 Å². The Balaban J connectivity index is 2.17. The Labute approximate surface area is 118 Å². The summed E-state index contributed by atoms with van der Waals surface area (Å²) in [5.41, 5.74) is 0.660. The van der Waals surface area contributed by atoms with Crippen molar-refractivity contribution in [3.05, 3.63) is 29.6 Å². The zero-order chi connectivity index (χ0) is 15.1. The molecule has 0 atom stereocenters. The quantitative estimate of drug-likeness (QED) is 0.744. The fourth-order valence-corrected chi connectivity index (χ4v) is 3.82. The lowest BCUT2D eigenvalue weighted by Crippen LogP contribution is -2.40. The molecule has 0 aliphatic heterocycles. The second-order valence-corrected chi connectivity index (χ2v) is 7.51. The fraction of sp³-hybridized carbons (Fsp3) is 0.625. The second kappa shape index (κ2) is 4.97. The molecule has 1 nitrogen and oxygen atoms in total. The predicted molar refractivity (Wildman–Crippen MR) is 75.1 cm³/mol. The molecular weight excluding hydrogens is 263 g/mol. The Morgan fingerprint density at radius 1 is 0.950 bits per heavy atom. The summed E-state index contributed by atoms with van der Waals surface area (Å²) < 4.78 is 39.4. The van der Waals surface area contributed by atoms with Gasteiger partial charge in [0.15, 0.2) is 17.5 Å². The van der Waals surface area contributed by atoms with Crippen LogP contribution in [0.2, 0.25) is 0 Å². The molecule has 112 valence electrons. The number of halogens is 3. The smallest absolute Gasteiger partial charge is 0.194 e. The van der Waals surface area contributed by atoms with Gasteiger partial charge in [0.05, 0.1) is 0 Å². The second-order valence-electron chi connectivity index (χ2n) is 7.51. The van der Waals surface area contributed by atoms with Crippen molar-refractivity contribution in [2.45, 2.75) is 53.0 Å². The van der Waals surface area contributed by atoms with Gasteiger partial charge in [-0.25, -0.2) is 13.2 Å². The van der Waals surface area contributed by atoms with Crippen LogP contribution in [0.4, 0.5) is 18.9 Å². The van der Waals surface area contributed by atoms with E-state index in [9.17, 15) is 13.2 Å². The van der Waals surface area contributed by atoms with E-state index in [1.807, 2.05) is 0 Å². The predicted octanol–water partition coefficient (Wildman–Crippen LogP) is 5.12. The fourth-order valence-electron chi connectivity index (χ4n) is 3.82. The molecular formula is C16H22F3N. The van der Waals surface area contributed by atoms with Crippen molar-refractivity contribution in [3.63, 3.8) is 0 Å². The third-order valence-electron chi connectivity index (χ3n) is 3.91. The van der Waals surface area contributed by atoms with Gasteiger partial charge in [0, 0.05) is 23.9 Å². The average molecular weight is 285 g/mol. The zero-order valence-corrected chi connectivity index (χ0v) is 12.5. The molecule has 0 unspecified atom stereocenters. The Kier molecular flexibility index (Phi) is 3.78. The zero-order valence-electron chi connectivity index (χ0n) is 12.5. The van der Waals surface area contributed by atoms with E-state index in [1.54, 1.807) is 0 Å². The molecule has 2 rings (SSSR count). The molecule has 0 bridgehead atoms. The first-order valence-corrected chi connectivity index (χ1v) is 6.99. The first kappa shape index (κ1) is 15.2. The lowest BCUT2D eigenvalue weighted by atomic mass is 9.63. The van der Waals surface area contributed by atoms with Crippen molar-refractivity contribution in [1.82, 2.24) is 0 Å². The molecule has 20 heavy (non-hydrogen) atoms. The highest BCUT2D eigenvalue weighted by Crippen LogP contribution is 2.46. The third kappa shape index (κ3) is 3.47. The molecule has 0 aromatic heterocycles. The van der Waals surface area contributed by atoms with E-state index in [4.69, 9.17) is 0 Å². The van der Waals surface area contributed by atoms with Gasteiger partial charge in [0.2, 0.25) is 0 Å². The van der Waals surface area contributed by atoms with Crippen LogP contribution in [-0.4, -0.2) is 6.04 Å². The molecule has 1 aromatic rings. The lowest BCUT2D eigenvalue weighted by molar-refractivity contribution is 0.105. The normalized spacial score (nSPS) is 21.8. The molecule has 1 fully saturated rings. The van der Waals surface area contributed by atoms with Crippen LogP contribution in [0.15, 0.2) is 12.1 Å². The molecule has 0 radical (unpaired) electrons. The first-order chi connectivity index (χ1) is 9.08. The van der Waals surface area contributed by atoms with Crippen molar-refractivity contribution in [2.75, 3.05) is 5.32 Å². The van der Waals surface area contributed by atoms with Crippen LogP contribution in [0.5, 0.6) is 0 Å². The van der Waals surface area contributed by atoms with E-state index in [-0.39, 0.29) is 16.9 Å². The lowest BCUT2D eigenvalue weighted by Gasteiger charge is -2.45. The number of anilines is 1. The summed E-state index contributed by atoms with van der Waals surface area (Å²) in [5, 5.41) is 3.15. The highest BCUT2D eigenvalue weighted by atomic mass is 19.2. The topological polar surface area (TPSA) is 12.0 Å². The van der Waals surface area contributed by atoms with Crippen LogP contribution in [0.3, 0.4) is 0 Å². The van der Waals surface area contributed by atoms with E-state index in [0.29, 0.717) is 5.69 Å². The van der Waals surface area contributed by atoms with Crippen LogP contribution in [0.1, 0.15) is 47.0 Å². The average Bonchev–Trinajstić information content (AvgIpc) is 2.21. The standard InChI is InChI=1S/C16H22F3N/c1-15(2)7-11(8-16(3,4)9-15)20-10-5-12(17)14(19)13(18)6-10/h5-6,11,20H,7-9H2,1-4H3. The molecule has 1 aromatic carbocycles. The molecule has 0 spiro atoms. The maximum atomic E-state index is 13.2. The molecule has 1 N–H and O–H groups in total. The van der Waals surface area contributed by atoms with Gasteiger partial charge >= 0.3 is 0 Å². The van der Waals surface area contributed by atoms with Crippen molar-refractivity contribution in [3.8, 4) is 0 Å². The number of hydrogen-bond donors (Lipinski definition) is 1. The van der Waals surface area contributed by atoms with Gasteiger partial charge in [-0.2, -0.15) is 0 Å². The number of rotatable bonds is 2. The highest BCUT2D eigenvalue weighted by Gasteiger charge is 2.38. The number of nitrogens with one attached hydrogen (secondary N) is 1. The van der Waals surface area contributed by atoms with Gasteiger partial charge in [-0.15, -0.1) is 0 Å². The minimum atomic E-state index is -1.42. The maximum absolute atomic E-state index is 13.2. The Bertz CT molecular complexity index is 469. The van der Waals surface area contributed by atoms with Crippen LogP contribution in [0, 0.1) is 28.3 Å². The van der Waals surface area contributed by atoms with Gasteiger partial charge in [0.25, 0.3) is 0 Å². The minimum absolute atomic E-state index is 0.137. The molecule has 0 amide bonds. The number of hydrogen-bond acceptors (Lipinski definition) is 1. The third-order valence-corrected chi connectivity index (χ3v) is 3.91. The van der Waals surface area contributed by atoms with Gasteiger partial charge in [-0.3, -0.25) is 0 Å². The molecule has 1 aliphatic rings. The Hall–Kier alpha value is -1.19. The van der Waals surface area contributed by atoms with Crippen LogP contribution >= 0.6 is 0 Å². The highest BCUT2D eigenvalue weighted by molar-refractivity contribution is 5.45. The Morgan fingerprint density at radius 2 is 1.40 bits per heavy atom. The SMILES string of the molecule is CC1(C)CC(Nc2cc(F)c(F)c(F)c2)CC(C)(C)C1. The summed E-state index contributed by atoms with van der Waals surface area (Å²) in [6.45, 7) is 8.81. The van der Waals surface area contributed by atoms with Crippen LogP contribution in [-0.2, 0) is 0 Å². The van der Waals surface area contributed by atoms with Crippen molar-refractivity contribution >= 4 is 5.69 Å². The summed E-state index contributed by atoms with van der Waals surface area (Å²) in [7, 11) is 0. The summed E-state index contributed by atoms with van der Waals surface area (Å²) in [5.74, 6) is -3.72. The monoisotopic (exact) mass is 285 g/mol. The summed E-state index contributed by atoms with van der Waals surface area (Å²) in [6.07, 6.45) is 2.97. The number of benzene rings is 1. The minimum Gasteiger partial charge on any atom is -0.382 e. The van der Waals surface area contributed by atoms with E-state index < -0.39 is 17.5 Å². The van der Waals surface area contributed by atoms with Crippen molar-refractivity contribution in [1.29, 1.82) is 0 Å². The largest absolute Gasteiger partial charge is 0.382 e. The first-order valence-electron chi connectivity index (χ1n) is 6.99. The van der Waals surface area contributed by atoms with Gasteiger partial charge in [-0.05, 0) is 30.1 Å². The van der Waals surface area contributed by atoms with Crippen molar-refractivity contribution in [2.24, 2.45) is 10.8 Å². The van der Waals surface area contributed by atoms with Gasteiger partial charge in [0.1, 0.15) is 0 Å². The van der Waals surface area contributed by atoms with Crippen LogP contribution in [0.25, 0.3) is 0 Å². The van der Waals surface area contributed by atoms with Gasteiger partial charge < -0.3 is 5.32 Å². The molecule has 1 aliphatic carbocycles. The molecule has 1 saturated carbocycles. The molecule has 0 saturated heterocycles. The van der Waals surface area contributed by atoms with Crippen LogP contribution < -0.4 is 5.32 Å². The van der Waals surface area contributed by atoms with E-state index >= 15 is 0 Å². The molecule has 0 heterocycles. The van der Waals surface area contributed by atoms with E-state index in [0.717, 1.165) is 31.4 Å². The summed E-state index contributed by atoms with van der Waals surface area (Å²) in [6, 6.07) is 2.18. The Morgan fingerprint density at radius 3 is 1.85 bits per heavy atom. The maximum Gasteiger partial charge on any atom is 0.194 e. The van der Waals surface area contributed by atoms with E-state index in [1.165, 1.54) is 0 Å². The van der Waals surface area contributed by atoms with E-state index in [2.05, 4.69) is 33.0 Å². The van der Waals surface area contributed by atoms with Crippen molar-refractivity contribution < 1.29 is 13.2 Å².